The van der Waals surface area contributed by atoms with Crippen molar-refractivity contribution in [3.63, 3.8) is 0 Å². The molecule has 0 spiro atoms. The van der Waals surface area contributed by atoms with Crippen LogP contribution in [0.3, 0.4) is 0 Å². The highest BCUT2D eigenvalue weighted by atomic mass is 35.5. The van der Waals surface area contributed by atoms with Gasteiger partial charge in [-0.1, -0.05) is 46.0 Å². The molecule has 1 atom stereocenters. The topological polar surface area (TPSA) is 12.0 Å². The molecular formula is C14H30ClN. The largest absolute Gasteiger partial charge is 0.316 e. The summed E-state index contributed by atoms with van der Waals surface area (Å²) in [6, 6.07) is 0. The van der Waals surface area contributed by atoms with E-state index in [0.29, 0.717) is 0 Å². The van der Waals surface area contributed by atoms with E-state index in [0.717, 1.165) is 24.8 Å². The summed E-state index contributed by atoms with van der Waals surface area (Å²) in [4.78, 5) is 0. The maximum absolute atomic E-state index is 5.80. The lowest BCUT2D eigenvalue weighted by molar-refractivity contribution is 0.426. The molecule has 98 valence electrons. The summed E-state index contributed by atoms with van der Waals surface area (Å²) < 4.78 is 0. The van der Waals surface area contributed by atoms with Crippen LogP contribution in [0.25, 0.3) is 0 Å². The smallest absolute Gasteiger partial charge is 0.0226 e. The molecule has 1 nitrogen and oxygen atoms in total. The van der Waals surface area contributed by atoms with Gasteiger partial charge in [-0.05, 0) is 38.3 Å². The highest BCUT2D eigenvalue weighted by molar-refractivity contribution is 6.17. The first-order valence-electron chi connectivity index (χ1n) is 7.11. The van der Waals surface area contributed by atoms with E-state index in [-0.39, 0.29) is 0 Å². The average Bonchev–Trinajstić information content (AvgIpc) is 2.28. The van der Waals surface area contributed by atoms with Crippen LogP contribution in [0.1, 0.15) is 65.2 Å². The minimum Gasteiger partial charge on any atom is -0.316 e. The molecule has 0 saturated carbocycles. The van der Waals surface area contributed by atoms with Gasteiger partial charge in [0, 0.05) is 5.88 Å². The second kappa shape index (κ2) is 13.3. The third kappa shape index (κ3) is 10.8. The molecule has 0 bridgehead atoms. The molecule has 0 heterocycles. The zero-order chi connectivity index (χ0) is 12.1. The van der Waals surface area contributed by atoms with Crippen molar-refractivity contribution >= 4 is 11.6 Å². The van der Waals surface area contributed by atoms with E-state index in [4.69, 9.17) is 11.6 Å². The molecule has 0 saturated heterocycles. The van der Waals surface area contributed by atoms with Crippen molar-refractivity contribution in [1.29, 1.82) is 0 Å². The summed E-state index contributed by atoms with van der Waals surface area (Å²) in [5, 5.41) is 3.57. The Morgan fingerprint density at radius 1 is 0.938 bits per heavy atom. The second-order valence-electron chi connectivity index (χ2n) is 4.75. The molecule has 0 rings (SSSR count). The van der Waals surface area contributed by atoms with Crippen molar-refractivity contribution in [3.05, 3.63) is 0 Å². The first-order valence-corrected chi connectivity index (χ1v) is 7.65. The first-order chi connectivity index (χ1) is 7.85. The summed E-state index contributed by atoms with van der Waals surface area (Å²) >= 11 is 5.80. The average molecular weight is 248 g/mol. The Morgan fingerprint density at radius 2 is 1.69 bits per heavy atom. The number of alkyl halides is 1. The van der Waals surface area contributed by atoms with Crippen molar-refractivity contribution in [1.82, 2.24) is 5.32 Å². The normalized spacial score (nSPS) is 12.9. The lowest BCUT2D eigenvalue weighted by Gasteiger charge is -2.15. The fraction of sp³-hybridized carbons (Fsp3) is 1.00. The van der Waals surface area contributed by atoms with Gasteiger partial charge in [0.2, 0.25) is 0 Å². The number of unbranched alkanes of at least 4 members (excludes halogenated alkanes) is 4. The zero-order valence-electron chi connectivity index (χ0n) is 11.2. The fourth-order valence-electron chi connectivity index (χ4n) is 2.07. The molecule has 0 aliphatic heterocycles. The molecule has 0 aromatic carbocycles. The van der Waals surface area contributed by atoms with Crippen molar-refractivity contribution in [2.24, 2.45) is 5.92 Å². The van der Waals surface area contributed by atoms with E-state index in [1.807, 2.05) is 0 Å². The van der Waals surface area contributed by atoms with Gasteiger partial charge < -0.3 is 5.32 Å². The van der Waals surface area contributed by atoms with Gasteiger partial charge in [-0.3, -0.25) is 0 Å². The summed E-state index contributed by atoms with van der Waals surface area (Å²) in [6.45, 7) is 6.87. The Morgan fingerprint density at radius 3 is 2.31 bits per heavy atom. The number of rotatable bonds is 12. The zero-order valence-corrected chi connectivity index (χ0v) is 12.0. The van der Waals surface area contributed by atoms with Crippen LogP contribution in [-0.2, 0) is 0 Å². The highest BCUT2D eigenvalue weighted by Crippen LogP contribution is 2.11. The summed E-state index contributed by atoms with van der Waals surface area (Å²) in [6.07, 6.45) is 10.6. The van der Waals surface area contributed by atoms with Gasteiger partial charge >= 0.3 is 0 Å². The SMILES string of the molecule is CCCCCCCNCC(CCC)CCCl. The van der Waals surface area contributed by atoms with E-state index in [2.05, 4.69) is 19.2 Å². The number of halogens is 1. The van der Waals surface area contributed by atoms with Gasteiger partial charge in [-0.25, -0.2) is 0 Å². The maximum atomic E-state index is 5.80. The van der Waals surface area contributed by atoms with Crippen molar-refractivity contribution < 1.29 is 0 Å². The predicted octanol–water partition coefficient (Wildman–Crippen LogP) is 4.59. The van der Waals surface area contributed by atoms with Gasteiger partial charge in [0.15, 0.2) is 0 Å². The maximum Gasteiger partial charge on any atom is 0.0226 e. The van der Waals surface area contributed by atoms with Gasteiger partial charge in [0.05, 0.1) is 0 Å². The van der Waals surface area contributed by atoms with Crippen LogP contribution in [0.2, 0.25) is 0 Å². The molecule has 0 aliphatic carbocycles. The van der Waals surface area contributed by atoms with Crippen LogP contribution >= 0.6 is 11.6 Å². The number of nitrogens with one attached hydrogen (secondary N) is 1. The molecule has 16 heavy (non-hydrogen) atoms. The standard InChI is InChI=1S/C14H30ClN/c1-3-5-6-7-8-12-16-13-14(9-4-2)10-11-15/h14,16H,3-13H2,1-2H3. The minimum atomic E-state index is 0.790. The van der Waals surface area contributed by atoms with E-state index in [1.54, 1.807) is 0 Å². The van der Waals surface area contributed by atoms with E-state index < -0.39 is 0 Å². The molecule has 0 aromatic rings. The van der Waals surface area contributed by atoms with E-state index in [1.165, 1.54) is 51.5 Å². The van der Waals surface area contributed by atoms with Crippen LogP contribution in [0.5, 0.6) is 0 Å². The van der Waals surface area contributed by atoms with E-state index in [9.17, 15) is 0 Å². The Kier molecular flexibility index (Phi) is 13.5. The molecule has 1 unspecified atom stereocenters. The summed E-state index contributed by atoms with van der Waals surface area (Å²) in [7, 11) is 0. The highest BCUT2D eigenvalue weighted by Gasteiger charge is 2.05. The van der Waals surface area contributed by atoms with Crippen LogP contribution in [-0.4, -0.2) is 19.0 Å². The summed E-state index contributed by atoms with van der Waals surface area (Å²) in [5.41, 5.74) is 0. The second-order valence-corrected chi connectivity index (χ2v) is 5.13. The molecule has 0 radical (unpaired) electrons. The molecule has 2 heteroatoms. The Balaban J connectivity index is 3.25. The monoisotopic (exact) mass is 247 g/mol. The third-order valence-corrected chi connectivity index (χ3v) is 3.32. The molecule has 0 aliphatic rings. The van der Waals surface area contributed by atoms with Gasteiger partial charge in [-0.2, -0.15) is 0 Å². The van der Waals surface area contributed by atoms with Gasteiger partial charge in [0.25, 0.3) is 0 Å². The Labute approximate surface area is 107 Å². The lowest BCUT2D eigenvalue weighted by Crippen LogP contribution is -2.24. The Hall–Kier alpha value is 0.250. The molecule has 0 aromatic heterocycles. The Bertz CT molecular complexity index is 122. The van der Waals surface area contributed by atoms with Crippen LogP contribution in [0.4, 0.5) is 0 Å². The minimum absolute atomic E-state index is 0.790. The first kappa shape index (κ1) is 16.2. The van der Waals surface area contributed by atoms with Crippen molar-refractivity contribution in [3.8, 4) is 0 Å². The van der Waals surface area contributed by atoms with Gasteiger partial charge in [0.1, 0.15) is 0 Å². The van der Waals surface area contributed by atoms with Crippen LogP contribution < -0.4 is 5.32 Å². The van der Waals surface area contributed by atoms with Crippen LogP contribution in [0, 0.1) is 5.92 Å². The predicted molar refractivity (Wildman–Crippen MR) is 75.4 cm³/mol. The van der Waals surface area contributed by atoms with Gasteiger partial charge in [-0.15, -0.1) is 11.6 Å². The summed E-state index contributed by atoms with van der Waals surface area (Å²) in [5.74, 6) is 1.60. The number of hydrogen-bond acceptors (Lipinski definition) is 1. The quantitative estimate of drug-likeness (QED) is 0.393. The lowest BCUT2D eigenvalue weighted by atomic mass is 10.0. The molecule has 0 fully saturated rings. The van der Waals surface area contributed by atoms with Crippen molar-refractivity contribution in [2.75, 3.05) is 19.0 Å². The molecule has 1 N–H and O–H groups in total. The van der Waals surface area contributed by atoms with Crippen molar-refractivity contribution in [2.45, 2.75) is 65.2 Å². The number of hydrogen-bond donors (Lipinski definition) is 1. The fourth-order valence-corrected chi connectivity index (χ4v) is 2.38. The van der Waals surface area contributed by atoms with E-state index >= 15 is 0 Å². The van der Waals surface area contributed by atoms with Crippen LogP contribution in [0.15, 0.2) is 0 Å². The molecular weight excluding hydrogens is 218 g/mol. The molecule has 0 amide bonds. The third-order valence-electron chi connectivity index (χ3n) is 3.10.